The first kappa shape index (κ1) is 11.0. The first-order valence-electron chi connectivity index (χ1n) is 4.58. The van der Waals surface area contributed by atoms with Gasteiger partial charge in [-0.15, -0.1) is 11.8 Å². The molecule has 1 N–H and O–H groups in total. The van der Waals surface area contributed by atoms with Crippen molar-refractivity contribution in [2.75, 3.05) is 13.2 Å². The molecule has 1 rings (SSSR count). The number of carboxylic acids is 1. The molecule has 1 saturated heterocycles. The van der Waals surface area contributed by atoms with Crippen LogP contribution in [0.25, 0.3) is 0 Å². The fourth-order valence-corrected chi connectivity index (χ4v) is 1.44. The zero-order chi connectivity index (χ0) is 10.4. The maximum Gasteiger partial charge on any atom is 0.308 e. The minimum Gasteiger partial charge on any atom is -0.481 e. The van der Waals surface area contributed by atoms with Crippen LogP contribution in [0.3, 0.4) is 0 Å². The van der Waals surface area contributed by atoms with Gasteiger partial charge in [0.2, 0.25) is 0 Å². The highest BCUT2D eigenvalue weighted by Crippen LogP contribution is 2.28. The number of aliphatic carboxylic acids is 1. The van der Waals surface area contributed by atoms with Gasteiger partial charge in [-0.2, -0.15) is 0 Å². The summed E-state index contributed by atoms with van der Waals surface area (Å²) in [5, 5.41) is 8.70. The largest absolute Gasteiger partial charge is 0.481 e. The second-order valence-corrected chi connectivity index (χ2v) is 3.10. The molecule has 1 heterocycles. The van der Waals surface area contributed by atoms with E-state index < -0.39 is 11.8 Å². The minimum absolute atomic E-state index is 0.113. The average molecular weight is 198 g/mol. The molecule has 0 spiro atoms. The van der Waals surface area contributed by atoms with Crippen molar-refractivity contribution in [2.45, 2.75) is 32.0 Å². The molecule has 14 heavy (non-hydrogen) atoms. The molecular formula is C10H14O4. The smallest absolute Gasteiger partial charge is 0.308 e. The molecule has 78 valence electrons. The van der Waals surface area contributed by atoms with Gasteiger partial charge in [0.05, 0.1) is 19.6 Å². The van der Waals surface area contributed by atoms with Crippen LogP contribution in [0.2, 0.25) is 0 Å². The van der Waals surface area contributed by atoms with Crippen LogP contribution < -0.4 is 0 Å². The van der Waals surface area contributed by atoms with E-state index in [2.05, 4.69) is 11.8 Å². The van der Waals surface area contributed by atoms with Gasteiger partial charge in [-0.3, -0.25) is 4.79 Å². The van der Waals surface area contributed by atoms with Crippen molar-refractivity contribution in [3.8, 4) is 11.8 Å². The van der Waals surface area contributed by atoms with Crippen molar-refractivity contribution in [3.63, 3.8) is 0 Å². The highest BCUT2D eigenvalue weighted by atomic mass is 16.7. The molecule has 1 aliphatic rings. The van der Waals surface area contributed by atoms with Crippen molar-refractivity contribution in [2.24, 2.45) is 0 Å². The van der Waals surface area contributed by atoms with Crippen LogP contribution in [0.4, 0.5) is 0 Å². The lowest BCUT2D eigenvalue weighted by molar-refractivity contribution is -0.181. The molecule has 0 saturated carbocycles. The molecule has 0 aromatic rings. The minimum atomic E-state index is -0.935. The number of hydrogen-bond acceptors (Lipinski definition) is 3. The molecule has 0 aromatic heterocycles. The van der Waals surface area contributed by atoms with Crippen molar-refractivity contribution in [1.29, 1.82) is 0 Å². The summed E-state index contributed by atoms with van der Waals surface area (Å²) < 4.78 is 10.7. The highest BCUT2D eigenvalue weighted by Gasteiger charge is 2.38. The lowest BCUT2D eigenvalue weighted by Crippen LogP contribution is -2.33. The van der Waals surface area contributed by atoms with Crippen LogP contribution in [0, 0.1) is 11.8 Å². The standard InChI is InChI=1S/C10H14O4/c1-2-3-4-5-10(8-9(11)12)13-6-7-14-10/h4-8H2,1H3,(H,11,12). The highest BCUT2D eigenvalue weighted by molar-refractivity contribution is 5.67. The number of hydrogen-bond donors (Lipinski definition) is 1. The Hall–Kier alpha value is -1.05. The first-order chi connectivity index (χ1) is 6.68. The Kier molecular flexibility index (Phi) is 3.93. The summed E-state index contributed by atoms with van der Waals surface area (Å²) in [6.07, 6.45) is 1.00. The molecule has 4 nitrogen and oxygen atoms in total. The molecule has 0 atom stereocenters. The molecule has 0 unspecified atom stereocenters. The van der Waals surface area contributed by atoms with Gasteiger partial charge in [-0.1, -0.05) is 0 Å². The molecule has 1 aliphatic heterocycles. The number of rotatable bonds is 4. The van der Waals surface area contributed by atoms with Crippen molar-refractivity contribution in [3.05, 3.63) is 0 Å². The lowest BCUT2D eigenvalue weighted by Gasteiger charge is -2.24. The summed E-state index contributed by atoms with van der Waals surface area (Å²) in [4.78, 5) is 10.6. The summed E-state index contributed by atoms with van der Waals surface area (Å²) in [6.45, 7) is 2.68. The van der Waals surface area contributed by atoms with E-state index in [-0.39, 0.29) is 6.42 Å². The van der Waals surface area contributed by atoms with Crippen LogP contribution in [-0.2, 0) is 14.3 Å². The van der Waals surface area contributed by atoms with E-state index in [1.165, 1.54) is 0 Å². The van der Waals surface area contributed by atoms with Crippen molar-refractivity contribution < 1.29 is 19.4 Å². The molecule has 0 amide bonds. The number of carbonyl (C=O) groups is 1. The Morgan fingerprint density at radius 2 is 2.14 bits per heavy atom. The van der Waals surface area contributed by atoms with Gasteiger partial charge < -0.3 is 14.6 Å². The molecule has 0 radical (unpaired) electrons. The SMILES string of the molecule is CC#CCCC1(CC(=O)O)OCCO1. The zero-order valence-corrected chi connectivity index (χ0v) is 8.21. The average Bonchev–Trinajstić information content (AvgIpc) is 2.53. The van der Waals surface area contributed by atoms with Crippen molar-refractivity contribution >= 4 is 5.97 Å². The summed E-state index contributed by atoms with van der Waals surface area (Å²) >= 11 is 0. The first-order valence-corrected chi connectivity index (χ1v) is 4.58. The quantitative estimate of drug-likeness (QED) is 0.685. The Bertz CT molecular complexity index is 255. The third-order valence-electron chi connectivity index (χ3n) is 2.04. The van der Waals surface area contributed by atoms with E-state index in [0.29, 0.717) is 26.1 Å². The van der Waals surface area contributed by atoms with Crippen LogP contribution in [0.15, 0.2) is 0 Å². The van der Waals surface area contributed by atoms with Gasteiger partial charge >= 0.3 is 5.97 Å². The summed E-state index contributed by atoms with van der Waals surface area (Å²) in [5.74, 6) is 3.78. The second kappa shape index (κ2) is 4.99. The second-order valence-electron chi connectivity index (χ2n) is 3.10. The zero-order valence-electron chi connectivity index (χ0n) is 8.21. The van der Waals surface area contributed by atoms with E-state index in [9.17, 15) is 4.79 Å². The van der Waals surface area contributed by atoms with Crippen LogP contribution in [-0.4, -0.2) is 30.1 Å². The van der Waals surface area contributed by atoms with Gasteiger partial charge in [-0.05, 0) is 6.92 Å². The van der Waals surface area contributed by atoms with E-state index in [1.54, 1.807) is 6.92 Å². The molecule has 0 bridgehead atoms. The predicted octanol–water partition coefficient (Wildman–Crippen LogP) is 1.01. The van der Waals surface area contributed by atoms with Crippen LogP contribution in [0.1, 0.15) is 26.2 Å². The number of carboxylic acid groups (broad SMARTS) is 1. The third-order valence-corrected chi connectivity index (χ3v) is 2.04. The fraction of sp³-hybridized carbons (Fsp3) is 0.700. The van der Waals surface area contributed by atoms with Gasteiger partial charge in [0, 0.05) is 12.8 Å². The van der Waals surface area contributed by atoms with Crippen LogP contribution >= 0.6 is 0 Å². The maximum atomic E-state index is 10.6. The fourth-order valence-electron chi connectivity index (χ4n) is 1.44. The lowest BCUT2D eigenvalue weighted by atomic mass is 10.1. The molecule has 0 aromatic carbocycles. The Balaban J connectivity index is 2.51. The monoisotopic (exact) mass is 198 g/mol. The Morgan fingerprint density at radius 1 is 1.50 bits per heavy atom. The van der Waals surface area contributed by atoms with Gasteiger partial charge in [0.25, 0.3) is 0 Å². The third kappa shape index (κ3) is 3.02. The summed E-state index contributed by atoms with van der Waals surface area (Å²) in [5.41, 5.74) is 0. The van der Waals surface area contributed by atoms with E-state index in [4.69, 9.17) is 14.6 Å². The van der Waals surface area contributed by atoms with E-state index in [1.807, 2.05) is 0 Å². The normalized spacial score (nSPS) is 18.6. The van der Waals surface area contributed by atoms with E-state index >= 15 is 0 Å². The maximum absolute atomic E-state index is 10.6. The Morgan fingerprint density at radius 3 is 2.64 bits per heavy atom. The summed E-state index contributed by atoms with van der Waals surface area (Å²) in [7, 11) is 0. The topological polar surface area (TPSA) is 55.8 Å². The molecule has 0 aliphatic carbocycles. The molecule has 1 fully saturated rings. The van der Waals surface area contributed by atoms with Gasteiger partial charge in [0.1, 0.15) is 0 Å². The Labute approximate surface area is 83.2 Å². The number of ether oxygens (including phenoxy) is 2. The predicted molar refractivity (Wildman–Crippen MR) is 49.6 cm³/mol. The van der Waals surface area contributed by atoms with Crippen LogP contribution in [0.5, 0.6) is 0 Å². The molecular weight excluding hydrogens is 184 g/mol. The van der Waals surface area contributed by atoms with Gasteiger partial charge in [0.15, 0.2) is 5.79 Å². The summed E-state index contributed by atoms with van der Waals surface area (Å²) in [6, 6.07) is 0. The van der Waals surface area contributed by atoms with Gasteiger partial charge in [-0.25, -0.2) is 0 Å². The van der Waals surface area contributed by atoms with Crippen molar-refractivity contribution in [1.82, 2.24) is 0 Å². The molecule has 4 heteroatoms. The van der Waals surface area contributed by atoms with E-state index in [0.717, 1.165) is 0 Å².